The maximum Gasteiger partial charge on any atom is 0.122 e. The van der Waals surface area contributed by atoms with Crippen molar-refractivity contribution in [3.63, 3.8) is 0 Å². The molecule has 0 heterocycles. The van der Waals surface area contributed by atoms with Crippen molar-refractivity contribution >= 4 is 7.85 Å². The molecule has 0 aliphatic rings. The van der Waals surface area contributed by atoms with Gasteiger partial charge in [0.05, 0.1) is 6.61 Å². The molecule has 1 aromatic rings. The molecule has 1 nitrogen and oxygen atoms in total. The maximum absolute atomic E-state index is 5.52. The van der Waals surface area contributed by atoms with Crippen LogP contribution in [-0.4, -0.2) is 14.5 Å². The highest BCUT2D eigenvalue weighted by Crippen LogP contribution is 2.22. The summed E-state index contributed by atoms with van der Waals surface area (Å²) in [6.45, 7) is 7.00. The lowest BCUT2D eigenvalue weighted by molar-refractivity contribution is 0.337. The summed E-state index contributed by atoms with van der Waals surface area (Å²) in [7, 11) is 2.18. The smallest absolute Gasteiger partial charge is 0.122 e. The summed E-state index contributed by atoms with van der Waals surface area (Å²) in [5.74, 6) is 1.03. The number of aryl methyl sites for hydroxylation is 2. The second-order valence-corrected chi connectivity index (χ2v) is 3.33. The molecule has 0 bridgehead atoms. The third kappa shape index (κ3) is 2.27. The van der Waals surface area contributed by atoms with E-state index in [-0.39, 0.29) is 0 Å². The van der Waals surface area contributed by atoms with Crippen LogP contribution in [0.4, 0.5) is 0 Å². The molecule has 2 heteroatoms. The van der Waals surface area contributed by atoms with E-state index in [1.54, 1.807) is 0 Å². The lowest BCUT2D eigenvalue weighted by atomic mass is 9.92. The Hall–Kier alpha value is -0.915. The molecule has 0 radical (unpaired) electrons. The van der Waals surface area contributed by atoms with Gasteiger partial charge in [0.1, 0.15) is 13.6 Å². The summed E-state index contributed by atoms with van der Waals surface area (Å²) in [6, 6.07) is 4.36. The van der Waals surface area contributed by atoms with Crippen molar-refractivity contribution in [1.82, 2.24) is 0 Å². The van der Waals surface area contributed by atoms with Crippen molar-refractivity contribution in [1.29, 1.82) is 0 Å². The summed E-state index contributed by atoms with van der Waals surface area (Å²) in [5, 5.41) is 0. The van der Waals surface area contributed by atoms with Gasteiger partial charge >= 0.3 is 0 Å². The van der Waals surface area contributed by atoms with Crippen molar-refractivity contribution in [2.75, 3.05) is 6.61 Å². The van der Waals surface area contributed by atoms with Gasteiger partial charge in [0.15, 0.2) is 0 Å². The molecule has 1 aromatic carbocycles. The molecule has 0 spiro atoms. The molecular formula is C11H17BO. The first-order valence-electron chi connectivity index (χ1n) is 4.92. The minimum Gasteiger partial charge on any atom is -0.494 e. The Morgan fingerprint density at radius 3 is 2.46 bits per heavy atom. The van der Waals surface area contributed by atoms with Gasteiger partial charge in [0.2, 0.25) is 0 Å². The van der Waals surface area contributed by atoms with Crippen LogP contribution in [0.3, 0.4) is 0 Å². The van der Waals surface area contributed by atoms with Crippen LogP contribution in [0.1, 0.15) is 23.6 Å². The van der Waals surface area contributed by atoms with Crippen molar-refractivity contribution in [2.45, 2.75) is 27.1 Å². The van der Waals surface area contributed by atoms with Crippen LogP contribution < -0.4 is 4.74 Å². The van der Waals surface area contributed by atoms with Gasteiger partial charge in [0.25, 0.3) is 0 Å². The standard InChI is InChI=1S/C11H17BO/c1-4-13-11-6-8(2)10(7-12)5-9(11)3/h5-6H,4,7,12H2,1-3H3. The Morgan fingerprint density at radius 1 is 1.23 bits per heavy atom. The Morgan fingerprint density at radius 2 is 1.92 bits per heavy atom. The zero-order valence-corrected chi connectivity index (χ0v) is 8.98. The Balaban J connectivity index is 3.05. The summed E-state index contributed by atoms with van der Waals surface area (Å²) < 4.78 is 5.52. The first-order chi connectivity index (χ1) is 6.19. The fraction of sp³-hybridized carbons (Fsp3) is 0.455. The van der Waals surface area contributed by atoms with E-state index in [9.17, 15) is 0 Å². The predicted molar refractivity (Wildman–Crippen MR) is 59.3 cm³/mol. The monoisotopic (exact) mass is 176 g/mol. The van der Waals surface area contributed by atoms with Crippen molar-refractivity contribution in [3.05, 3.63) is 28.8 Å². The molecule has 0 aromatic heterocycles. The maximum atomic E-state index is 5.52. The van der Waals surface area contributed by atoms with Crippen molar-refractivity contribution in [3.8, 4) is 5.75 Å². The fourth-order valence-corrected chi connectivity index (χ4v) is 1.54. The largest absolute Gasteiger partial charge is 0.494 e. The van der Waals surface area contributed by atoms with E-state index >= 15 is 0 Å². The van der Waals surface area contributed by atoms with Crippen LogP contribution >= 0.6 is 0 Å². The predicted octanol–water partition coefficient (Wildman–Crippen LogP) is 1.84. The second-order valence-electron chi connectivity index (χ2n) is 3.33. The van der Waals surface area contributed by atoms with E-state index in [1.807, 2.05) is 6.92 Å². The third-order valence-electron chi connectivity index (χ3n) is 2.31. The summed E-state index contributed by atoms with van der Waals surface area (Å²) in [5.41, 5.74) is 3.99. The van der Waals surface area contributed by atoms with Crippen LogP contribution in [0.25, 0.3) is 0 Å². The third-order valence-corrected chi connectivity index (χ3v) is 2.31. The molecule has 0 saturated heterocycles. The Labute approximate surface area is 81.5 Å². The highest BCUT2D eigenvalue weighted by atomic mass is 16.5. The summed E-state index contributed by atoms with van der Waals surface area (Å²) >= 11 is 0. The van der Waals surface area contributed by atoms with E-state index in [1.165, 1.54) is 16.7 Å². The van der Waals surface area contributed by atoms with Gasteiger partial charge in [-0.05, 0) is 38.0 Å². The van der Waals surface area contributed by atoms with Crippen LogP contribution in [0.5, 0.6) is 5.75 Å². The summed E-state index contributed by atoms with van der Waals surface area (Å²) in [6.07, 6.45) is 1.10. The van der Waals surface area contributed by atoms with E-state index < -0.39 is 0 Å². The molecule has 0 saturated carbocycles. The molecule has 0 aliphatic carbocycles. The average molecular weight is 176 g/mol. The molecule has 0 fully saturated rings. The van der Waals surface area contributed by atoms with Crippen molar-refractivity contribution in [2.24, 2.45) is 0 Å². The van der Waals surface area contributed by atoms with Gasteiger partial charge in [0, 0.05) is 0 Å². The Bertz CT molecular complexity index is 294. The zero-order chi connectivity index (χ0) is 9.84. The van der Waals surface area contributed by atoms with Gasteiger partial charge < -0.3 is 4.74 Å². The normalized spacial score (nSPS) is 10.1. The van der Waals surface area contributed by atoms with Crippen LogP contribution in [0.2, 0.25) is 0 Å². The molecule has 0 aliphatic heterocycles. The number of ether oxygens (including phenoxy) is 1. The van der Waals surface area contributed by atoms with Gasteiger partial charge in [-0.3, -0.25) is 0 Å². The fourth-order valence-electron chi connectivity index (χ4n) is 1.54. The lowest BCUT2D eigenvalue weighted by Gasteiger charge is -2.11. The highest BCUT2D eigenvalue weighted by Gasteiger charge is 2.03. The molecule has 0 atom stereocenters. The molecular weight excluding hydrogens is 159 g/mol. The molecule has 0 unspecified atom stereocenters. The number of hydrogen-bond donors (Lipinski definition) is 0. The first-order valence-corrected chi connectivity index (χ1v) is 4.92. The summed E-state index contributed by atoms with van der Waals surface area (Å²) in [4.78, 5) is 0. The minimum atomic E-state index is 0.742. The number of benzene rings is 1. The van der Waals surface area contributed by atoms with Crippen LogP contribution in [-0.2, 0) is 6.32 Å². The van der Waals surface area contributed by atoms with E-state index in [0.717, 1.165) is 18.7 Å². The molecule has 0 amide bonds. The highest BCUT2D eigenvalue weighted by molar-refractivity contribution is 6.08. The topological polar surface area (TPSA) is 9.23 Å². The van der Waals surface area contributed by atoms with Gasteiger partial charge in [-0.1, -0.05) is 17.9 Å². The van der Waals surface area contributed by atoms with Gasteiger partial charge in [-0.2, -0.15) is 0 Å². The molecule has 70 valence electrons. The van der Waals surface area contributed by atoms with Crippen molar-refractivity contribution < 1.29 is 4.74 Å². The van der Waals surface area contributed by atoms with Crippen LogP contribution in [0, 0.1) is 13.8 Å². The molecule has 0 N–H and O–H groups in total. The molecule has 1 rings (SSSR count). The second kappa shape index (κ2) is 4.36. The lowest BCUT2D eigenvalue weighted by Crippen LogP contribution is -1.97. The average Bonchev–Trinajstić information content (AvgIpc) is 2.11. The van der Waals surface area contributed by atoms with Gasteiger partial charge in [-0.25, -0.2) is 0 Å². The SMILES string of the molecule is BCc1cc(C)c(OCC)cc1C. The number of hydrogen-bond acceptors (Lipinski definition) is 1. The number of rotatable bonds is 3. The minimum absolute atomic E-state index is 0.742. The molecule has 13 heavy (non-hydrogen) atoms. The van der Waals surface area contributed by atoms with E-state index in [4.69, 9.17) is 4.74 Å². The quantitative estimate of drug-likeness (QED) is 0.638. The van der Waals surface area contributed by atoms with E-state index in [2.05, 4.69) is 33.8 Å². The first kappa shape index (κ1) is 10.2. The zero-order valence-electron chi connectivity index (χ0n) is 8.98. The van der Waals surface area contributed by atoms with Gasteiger partial charge in [-0.15, -0.1) is 0 Å². The Kier molecular flexibility index (Phi) is 3.41. The van der Waals surface area contributed by atoms with E-state index in [0.29, 0.717) is 0 Å². The van der Waals surface area contributed by atoms with Crippen LogP contribution in [0.15, 0.2) is 12.1 Å².